The maximum Gasteiger partial charge on any atom is 0.260 e. The van der Waals surface area contributed by atoms with Crippen molar-refractivity contribution in [1.29, 1.82) is 0 Å². The summed E-state index contributed by atoms with van der Waals surface area (Å²) in [5, 5.41) is 13.8. The van der Waals surface area contributed by atoms with Crippen LogP contribution in [0.15, 0.2) is 77.9 Å². The predicted octanol–water partition coefficient (Wildman–Crippen LogP) is 4.22. The molecule has 8 heteroatoms. The van der Waals surface area contributed by atoms with Crippen molar-refractivity contribution in [1.82, 2.24) is 9.88 Å². The second-order valence-corrected chi connectivity index (χ2v) is 8.15. The zero-order valence-corrected chi connectivity index (χ0v) is 17.9. The first-order valence-electron chi connectivity index (χ1n) is 10.1. The number of likely N-dealkylation sites (tertiary alicyclic amines) is 1. The summed E-state index contributed by atoms with van der Waals surface area (Å²) in [5.74, 6) is 1.30. The van der Waals surface area contributed by atoms with Gasteiger partial charge in [-0.2, -0.15) is 0 Å². The highest BCUT2D eigenvalue weighted by Gasteiger charge is 2.27. The summed E-state index contributed by atoms with van der Waals surface area (Å²) in [7, 11) is 0. The molecule has 0 aliphatic carbocycles. The van der Waals surface area contributed by atoms with Gasteiger partial charge in [0.15, 0.2) is 11.0 Å². The van der Waals surface area contributed by atoms with Gasteiger partial charge in [0, 0.05) is 18.4 Å². The van der Waals surface area contributed by atoms with Crippen molar-refractivity contribution >= 4 is 38.6 Å². The van der Waals surface area contributed by atoms with Crippen molar-refractivity contribution in [3.8, 4) is 5.75 Å². The number of ether oxygens (including phenoxy) is 1. The summed E-state index contributed by atoms with van der Waals surface area (Å²) < 4.78 is 7.12. The van der Waals surface area contributed by atoms with Gasteiger partial charge in [-0.15, -0.1) is 0 Å². The van der Waals surface area contributed by atoms with Crippen LogP contribution in [0, 0.1) is 0 Å². The standard InChI is InChI=1S/C23H25N5O2S/c1-2-13-25-22(21(24)28-14-5-6-17(28)15-29)30-18-11-9-16(10-12-18)26-23-27-19-7-3-4-8-20(19)31-23/h2-4,7-13,17,29H,1,5-6,14-15,24H2,(H,26,27)/b22-21-,25-13-/t17-/m0/s1. The lowest BCUT2D eigenvalue weighted by Crippen LogP contribution is -2.36. The molecule has 1 aliphatic rings. The lowest BCUT2D eigenvalue weighted by molar-refractivity contribution is 0.179. The highest BCUT2D eigenvalue weighted by Crippen LogP contribution is 2.29. The second kappa shape index (κ2) is 9.63. The predicted molar refractivity (Wildman–Crippen MR) is 127 cm³/mol. The van der Waals surface area contributed by atoms with E-state index in [1.54, 1.807) is 17.4 Å². The molecule has 7 nitrogen and oxygen atoms in total. The molecule has 4 rings (SSSR count). The van der Waals surface area contributed by atoms with Crippen LogP contribution in [0.4, 0.5) is 10.8 Å². The molecule has 0 saturated carbocycles. The van der Waals surface area contributed by atoms with Gasteiger partial charge in [-0.1, -0.05) is 36.1 Å². The van der Waals surface area contributed by atoms with Crippen LogP contribution < -0.4 is 15.8 Å². The molecular formula is C23H25N5O2S. The third-order valence-corrected chi connectivity index (χ3v) is 5.98. The molecule has 0 radical (unpaired) electrons. The number of allylic oxidation sites excluding steroid dienone is 1. The Bertz CT molecular complexity index is 1070. The number of rotatable bonds is 8. The molecule has 3 aromatic rings. The van der Waals surface area contributed by atoms with E-state index in [1.165, 1.54) is 6.21 Å². The minimum atomic E-state index is -0.0158. The van der Waals surface area contributed by atoms with Gasteiger partial charge in [-0.3, -0.25) is 0 Å². The molecule has 31 heavy (non-hydrogen) atoms. The molecule has 0 bridgehead atoms. The summed E-state index contributed by atoms with van der Waals surface area (Å²) in [4.78, 5) is 10.8. The van der Waals surface area contributed by atoms with Crippen LogP contribution in [0.2, 0.25) is 0 Å². The van der Waals surface area contributed by atoms with Gasteiger partial charge in [0.2, 0.25) is 0 Å². The number of benzene rings is 2. The summed E-state index contributed by atoms with van der Waals surface area (Å²) in [6.07, 6.45) is 4.96. The number of hydrogen-bond acceptors (Lipinski definition) is 8. The monoisotopic (exact) mass is 435 g/mol. The molecule has 4 N–H and O–H groups in total. The van der Waals surface area contributed by atoms with Gasteiger partial charge < -0.3 is 25.8 Å². The molecule has 160 valence electrons. The molecular weight excluding hydrogens is 410 g/mol. The smallest absolute Gasteiger partial charge is 0.260 e. The third-order valence-electron chi connectivity index (χ3n) is 5.03. The lowest BCUT2D eigenvalue weighted by atomic mass is 10.2. The molecule has 2 aromatic carbocycles. The zero-order chi connectivity index (χ0) is 21.6. The first-order chi connectivity index (χ1) is 15.2. The maximum absolute atomic E-state index is 9.60. The minimum Gasteiger partial charge on any atom is -0.436 e. The highest BCUT2D eigenvalue weighted by molar-refractivity contribution is 7.22. The molecule has 1 aromatic heterocycles. The maximum atomic E-state index is 9.60. The quantitative estimate of drug-likeness (QED) is 0.362. The summed E-state index contributed by atoms with van der Waals surface area (Å²) >= 11 is 1.60. The molecule has 0 amide bonds. The van der Waals surface area contributed by atoms with E-state index >= 15 is 0 Å². The van der Waals surface area contributed by atoms with Crippen LogP contribution in [0.3, 0.4) is 0 Å². The number of anilines is 2. The average molecular weight is 436 g/mol. The number of fused-ring (bicyclic) bond motifs is 1. The van der Waals surface area contributed by atoms with Crippen molar-refractivity contribution in [3.05, 3.63) is 72.9 Å². The normalized spacial score (nSPS) is 17.2. The fraction of sp³-hybridized carbons (Fsp3) is 0.217. The molecule has 1 saturated heterocycles. The number of thiazole rings is 1. The van der Waals surface area contributed by atoms with Crippen LogP contribution in [-0.4, -0.2) is 40.4 Å². The number of aliphatic imine (C=N–C) groups is 1. The van der Waals surface area contributed by atoms with Crippen LogP contribution in [0.5, 0.6) is 5.75 Å². The number of aliphatic hydroxyl groups excluding tert-OH is 1. The third kappa shape index (κ3) is 4.87. The molecule has 2 heterocycles. The van der Waals surface area contributed by atoms with Crippen LogP contribution in [0.1, 0.15) is 12.8 Å². The Morgan fingerprint density at radius 1 is 1.32 bits per heavy atom. The average Bonchev–Trinajstić information content (AvgIpc) is 3.43. The number of nitrogens with one attached hydrogen (secondary N) is 1. The molecule has 1 atom stereocenters. The highest BCUT2D eigenvalue weighted by atomic mass is 32.1. The van der Waals surface area contributed by atoms with Crippen molar-refractivity contribution in [2.45, 2.75) is 18.9 Å². The van der Waals surface area contributed by atoms with Gasteiger partial charge in [-0.05, 0) is 49.2 Å². The zero-order valence-electron chi connectivity index (χ0n) is 17.1. The van der Waals surface area contributed by atoms with Crippen LogP contribution >= 0.6 is 11.3 Å². The van der Waals surface area contributed by atoms with Gasteiger partial charge in [0.25, 0.3) is 5.88 Å². The van der Waals surface area contributed by atoms with Crippen molar-refractivity contribution in [2.75, 3.05) is 18.5 Å². The molecule has 0 unspecified atom stereocenters. The Labute approximate surface area is 185 Å². The van der Waals surface area contributed by atoms with Gasteiger partial charge in [-0.25, -0.2) is 9.98 Å². The van der Waals surface area contributed by atoms with E-state index < -0.39 is 0 Å². The Morgan fingerprint density at radius 2 is 2.13 bits per heavy atom. The number of nitrogens with zero attached hydrogens (tertiary/aromatic N) is 3. The Kier molecular flexibility index (Phi) is 6.49. The van der Waals surface area contributed by atoms with Gasteiger partial charge >= 0.3 is 0 Å². The Hall–Kier alpha value is -3.36. The number of aromatic nitrogens is 1. The van der Waals surface area contributed by atoms with Crippen LogP contribution in [-0.2, 0) is 0 Å². The van der Waals surface area contributed by atoms with E-state index in [9.17, 15) is 5.11 Å². The summed E-state index contributed by atoms with van der Waals surface area (Å²) in [6, 6.07) is 15.5. The molecule has 1 aliphatic heterocycles. The lowest BCUT2D eigenvalue weighted by Gasteiger charge is -2.26. The second-order valence-electron chi connectivity index (χ2n) is 7.11. The minimum absolute atomic E-state index is 0.0158. The Balaban J connectivity index is 1.50. The molecule has 1 fully saturated rings. The summed E-state index contributed by atoms with van der Waals surface area (Å²) in [6.45, 7) is 4.47. The van der Waals surface area contributed by atoms with E-state index in [1.807, 2.05) is 47.4 Å². The number of aliphatic hydroxyl groups is 1. The first kappa shape index (κ1) is 20.9. The first-order valence-corrected chi connectivity index (χ1v) is 10.9. The van der Waals surface area contributed by atoms with Crippen molar-refractivity contribution < 1.29 is 9.84 Å². The Morgan fingerprint density at radius 3 is 2.87 bits per heavy atom. The fourth-order valence-electron chi connectivity index (χ4n) is 3.50. The van der Waals surface area contributed by atoms with E-state index in [4.69, 9.17) is 10.5 Å². The van der Waals surface area contributed by atoms with Gasteiger partial charge in [0.1, 0.15) is 5.75 Å². The van der Waals surface area contributed by atoms with E-state index in [-0.39, 0.29) is 18.5 Å². The van der Waals surface area contributed by atoms with Crippen molar-refractivity contribution in [2.24, 2.45) is 10.7 Å². The SMILES string of the molecule is C=C/C=N\C(Oc1ccc(Nc2nc3ccccc3s2)cc1)=C(/N)N1CCC[C@H]1CO. The largest absolute Gasteiger partial charge is 0.436 e. The van der Waals surface area contributed by atoms with Crippen LogP contribution in [0.25, 0.3) is 10.2 Å². The number of nitrogens with two attached hydrogens (primary N) is 1. The number of para-hydroxylation sites is 1. The summed E-state index contributed by atoms with van der Waals surface area (Å²) in [5.41, 5.74) is 8.23. The van der Waals surface area contributed by atoms with Gasteiger partial charge in [0.05, 0.1) is 22.9 Å². The van der Waals surface area contributed by atoms with E-state index in [0.717, 1.165) is 40.4 Å². The fourth-order valence-corrected chi connectivity index (χ4v) is 4.38. The van der Waals surface area contributed by atoms with E-state index in [2.05, 4.69) is 27.9 Å². The topological polar surface area (TPSA) is 96.0 Å². The van der Waals surface area contributed by atoms with E-state index in [0.29, 0.717) is 11.6 Å². The molecule has 0 spiro atoms. The van der Waals surface area contributed by atoms with Crippen molar-refractivity contribution in [3.63, 3.8) is 0 Å². The number of hydrogen-bond donors (Lipinski definition) is 3.